The number of nitrogen functional groups attached to an aromatic ring is 1. The molecule has 3 N–H and O–H groups in total. The van der Waals surface area contributed by atoms with E-state index in [4.69, 9.17) is 20.8 Å². The molecule has 0 amide bonds. The number of aliphatic hydroxyl groups excluding tert-OH is 1. The number of ether oxygens (including phenoxy) is 1. The summed E-state index contributed by atoms with van der Waals surface area (Å²) >= 11 is 0. The van der Waals surface area contributed by atoms with E-state index >= 15 is 0 Å². The molecule has 4 aromatic rings. The Hall–Kier alpha value is -4.62. The first-order valence-electron chi connectivity index (χ1n) is 9.50. The summed E-state index contributed by atoms with van der Waals surface area (Å²) in [5.74, 6) is -0.329. The lowest BCUT2D eigenvalue weighted by Crippen LogP contribution is -2.12. The summed E-state index contributed by atoms with van der Waals surface area (Å²) in [4.78, 5) is 19.8. The summed E-state index contributed by atoms with van der Waals surface area (Å²) < 4.78 is 6.62. The highest BCUT2D eigenvalue weighted by Gasteiger charge is 2.12. The number of hydrogen-bond donors (Lipinski definition) is 2. The van der Waals surface area contributed by atoms with Gasteiger partial charge in [0, 0.05) is 5.56 Å². The highest BCUT2D eigenvalue weighted by Crippen LogP contribution is 2.24. The van der Waals surface area contributed by atoms with Crippen LogP contribution in [0.4, 0.5) is 5.95 Å². The molecule has 0 atom stereocenters. The van der Waals surface area contributed by atoms with Crippen molar-refractivity contribution in [3.05, 3.63) is 71.9 Å². The average molecular weight is 427 g/mol. The van der Waals surface area contributed by atoms with E-state index in [9.17, 15) is 4.79 Å². The van der Waals surface area contributed by atoms with Crippen molar-refractivity contribution in [1.82, 2.24) is 25.0 Å². The zero-order valence-electron chi connectivity index (χ0n) is 16.7. The molecular weight excluding hydrogens is 410 g/mol. The van der Waals surface area contributed by atoms with Gasteiger partial charge in [-0.15, -0.1) is 5.10 Å². The number of carbonyl (C=O) groups is 1. The number of rotatable bonds is 6. The van der Waals surface area contributed by atoms with Crippen LogP contribution in [0.15, 0.2) is 60.8 Å². The lowest BCUT2D eigenvalue weighted by atomic mass is 10.1. The Labute approximate surface area is 182 Å². The SMILES string of the molecule is N#Cc1cccc(-c2cc(-c3cn(Cc4cccc(OC(=O)CO)c4)nn3)nc(N)n2)c1. The third kappa shape index (κ3) is 4.75. The number of hydrogen-bond acceptors (Lipinski definition) is 9. The van der Waals surface area contributed by atoms with Gasteiger partial charge in [-0.1, -0.05) is 29.5 Å². The second-order valence-electron chi connectivity index (χ2n) is 6.77. The minimum Gasteiger partial charge on any atom is -0.425 e. The van der Waals surface area contributed by atoms with Crippen LogP contribution >= 0.6 is 0 Å². The number of nitrogens with two attached hydrogens (primary N) is 1. The van der Waals surface area contributed by atoms with Crippen molar-refractivity contribution in [3.63, 3.8) is 0 Å². The van der Waals surface area contributed by atoms with Gasteiger partial charge in [-0.05, 0) is 35.9 Å². The van der Waals surface area contributed by atoms with Gasteiger partial charge in [0.1, 0.15) is 18.1 Å². The molecule has 2 heterocycles. The number of anilines is 1. The average Bonchev–Trinajstić information content (AvgIpc) is 3.27. The number of nitrogens with zero attached hydrogens (tertiary/aromatic N) is 6. The Morgan fingerprint density at radius 1 is 1.09 bits per heavy atom. The lowest BCUT2D eigenvalue weighted by molar-refractivity contribution is -0.137. The number of nitriles is 1. The van der Waals surface area contributed by atoms with Crippen LogP contribution in [0.25, 0.3) is 22.6 Å². The molecule has 0 aliphatic rings. The van der Waals surface area contributed by atoms with E-state index in [0.717, 1.165) is 11.1 Å². The molecule has 0 saturated carbocycles. The zero-order chi connectivity index (χ0) is 22.5. The molecule has 0 radical (unpaired) electrons. The van der Waals surface area contributed by atoms with Gasteiger partial charge in [0.15, 0.2) is 0 Å². The van der Waals surface area contributed by atoms with E-state index in [1.807, 2.05) is 12.1 Å². The van der Waals surface area contributed by atoms with Gasteiger partial charge in [-0.2, -0.15) is 5.26 Å². The van der Waals surface area contributed by atoms with Crippen LogP contribution in [0.2, 0.25) is 0 Å². The molecule has 10 nitrogen and oxygen atoms in total. The van der Waals surface area contributed by atoms with Crippen LogP contribution < -0.4 is 10.5 Å². The normalized spacial score (nSPS) is 10.5. The highest BCUT2D eigenvalue weighted by atomic mass is 16.5. The summed E-state index contributed by atoms with van der Waals surface area (Å²) in [6, 6.07) is 17.8. The molecule has 0 saturated heterocycles. The van der Waals surface area contributed by atoms with Crippen LogP contribution in [0, 0.1) is 11.3 Å². The van der Waals surface area contributed by atoms with Crippen LogP contribution in [-0.4, -0.2) is 42.6 Å². The van der Waals surface area contributed by atoms with E-state index in [2.05, 4.69) is 26.3 Å². The number of aliphatic hydroxyl groups is 1. The second-order valence-corrected chi connectivity index (χ2v) is 6.77. The highest BCUT2D eigenvalue weighted by molar-refractivity contribution is 5.73. The third-order valence-electron chi connectivity index (χ3n) is 4.44. The van der Waals surface area contributed by atoms with Crippen LogP contribution in [0.1, 0.15) is 11.1 Å². The van der Waals surface area contributed by atoms with E-state index in [1.165, 1.54) is 0 Å². The lowest BCUT2D eigenvalue weighted by Gasteiger charge is -2.06. The molecule has 4 rings (SSSR count). The predicted octanol–water partition coefficient (Wildman–Crippen LogP) is 1.80. The maximum absolute atomic E-state index is 11.3. The summed E-state index contributed by atoms with van der Waals surface area (Å²) in [7, 11) is 0. The number of esters is 1. The first-order chi connectivity index (χ1) is 15.5. The van der Waals surface area contributed by atoms with Gasteiger partial charge < -0.3 is 15.6 Å². The maximum Gasteiger partial charge on any atom is 0.337 e. The van der Waals surface area contributed by atoms with Crippen molar-refractivity contribution < 1.29 is 14.6 Å². The van der Waals surface area contributed by atoms with Crippen molar-refractivity contribution in [2.24, 2.45) is 0 Å². The Kier molecular flexibility index (Phi) is 5.83. The number of benzene rings is 2. The fraction of sp³-hybridized carbons (Fsp3) is 0.0909. The van der Waals surface area contributed by atoms with E-state index in [1.54, 1.807) is 53.3 Å². The predicted molar refractivity (Wildman–Crippen MR) is 114 cm³/mol. The van der Waals surface area contributed by atoms with E-state index < -0.39 is 12.6 Å². The first-order valence-corrected chi connectivity index (χ1v) is 9.50. The van der Waals surface area contributed by atoms with Gasteiger partial charge in [0.05, 0.1) is 35.8 Å². The molecule has 32 heavy (non-hydrogen) atoms. The molecule has 0 spiro atoms. The van der Waals surface area contributed by atoms with Crippen molar-refractivity contribution in [2.75, 3.05) is 12.3 Å². The van der Waals surface area contributed by atoms with Gasteiger partial charge in [-0.25, -0.2) is 19.4 Å². The third-order valence-corrected chi connectivity index (χ3v) is 4.44. The minimum atomic E-state index is -0.734. The summed E-state index contributed by atoms with van der Waals surface area (Å²) in [6.07, 6.45) is 1.71. The van der Waals surface area contributed by atoms with Gasteiger partial charge in [-0.3, -0.25) is 0 Å². The molecule has 158 valence electrons. The van der Waals surface area contributed by atoms with Crippen molar-refractivity contribution >= 4 is 11.9 Å². The molecular formula is C22H17N7O3. The molecule has 0 aliphatic heterocycles. The number of carbonyl (C=O) groups excluding carboxylic acids is 1. The van der Waals surface area contributed by atoms with Crippen molar-refractivity contribution in [3.8, 4) is 34.5 Å². The quantitative estimate of drug-likeness (QED) is 0.346. The summed E-state index contributed by atoms with van der Waals surface area (Å²) in [6.45, 7) is -0.323. The monoisotopic (exact) mass is 427 g/mol. The van der Waals surface area contributed by atoms with Crippen LogP contribution in [-0.2, 0) is 11.3 Å². The molecule has 0 fully saturated rings. The first kappa shape index (κ1) is 20.6. The maximum atomic E-state index is 11.3. The largest absolute Gasteiger partial charge is 0.425 e. The van der Waals surface area contributed by atoms with Crippen molar-refractivity contribution in [2.45, 2.75) is 6.54 Å². The topological polar surface area (TPSA) is 153 Å². The Morgan fingerprint density at radius 3 is 2.72 bits per heavy atom. The Balaban J connectivity index is 1.58. The fourth-order valence-electron chi connectivity index (χ4n) is 3.04. The molecule has 0 bridgehead atoms. The van der Waals surface area contributed by atoms with E-state index in [0.29, 0.717) is 34.9 Å². The van der Waals surface area contributed by atoms with E-state index in [-0.39, 0.29) is 5.95 Å². The van der Waals surface area contributed by atoms with Gasteiger partial charge in [0.25, 0.3) is 0 Å². The molecule has 0 unspecified atom stereocenters. The van der Waals surface area contributed by atoms with Crippen molar-refractivity contribution in [1.29, 1.82) is 5.26 Å². The minimum absolute atomic E-state index is 0.0767. The van der Waals surface area contributed by atoms with Crippen LogP contribution in [0.3, 0.4) is 0 Å². The van der Waals surface area contributed by atoms with Gasteiger partial charge in [0.2, 0.25) is 5.95 Å². The summed E-state index contributed by atoms with van der Waals surface area (Å²) in [5, 5.41) is 26.2. The fourth-order valence-corrected chi connectivity index (χ4v) is 3.04. The molecule has 10 heteroatoms. The van der Waals surface area contributed by atoms with Crippen LogP contribution in [0.5, 0.6) is 5.75 Å². The number of aromatic nitrogens is 5. The standard InChI is InChI=1S/C22H17N7O3/c23-10-14-3-1-5-16(7-14)18-9-19(26-22(24)25-18)20-12-29(28-27-20)11-15-4-2-6-17(8-15)32-21(31)13-30/h1-9,12,30H,11,13H2,(H2,24,25,26). The molecule has 2 aromatic carbocycles. The molecule has 0 aliphatic carbocycles. The smallest absolute Gasteiger partial charge is 0.337 e. The zero-order valence-corrected chi connectivity index (χ0v) is 16.7. The summed E-state index contributed by atoms with van der Waals surface area (Å²) in [5.41, 5.74) is 9.53. The Morgan fingerprint density at radius 2 is 1.91 bits per heavy atom. The second kappa shape index (κ2) is 9.03. The molecule has 2 aromatic heterocycles. The Bertz CT molecular complexity index is 1330. The van der Waals surface area contributed by atoms with Gasteiger partial charge >= 0.3 is 5.97 Å².